The van der Waals surface area contributed by atoms with Crippen LogP contribution in [0, 0.1) is 5.92 Å². The van der Waals surface area contributed by atoms with E-state index in [1.54, 1.807) is 13.8 Å². The SMILES string of the molecule is CC(C)OC(=O)C1=C(C(C)C)NC(=O)NC1c1ccc(OCc2cccc(Cl)c2)cc1. The molecule has 1 atom stereocenters. The molecule has 2 N–H and O–H groups in total. The molecule has 1 heterocycles. The molecule has 0 spiro atoms. The lowest BCUT2D eigenvalue weighted by atomic mass is 9.91. The van der Waals surface area contributed by atoms with E-state index >= 15 is 0 Å². The normalized spacial score (nSPS) is 16.2. The van der Waals surface area contributed by atoms with Crippen LogP contribution in [-0.4, -0.2) is 18.1 Å². The summed E-state index contributed by atoms with van der Waals surface area (Å²) in [7, 11) is 0. The van der Waals surface area contributed by atoms with Crippen molar-refractivity contribution < 1.29 is 19.1 Å². The molecule has 6 nitrogen and oxygen atoms in total. The Labute approximate surface area is 187 Å². The van der Waals surface area contributed by atoms with Gasteiger partial charge < -0.3 is 20.1 Å². The Morgan fingerprint density at radius 1 is 1.10 bits per heavy atom. The summed E-state index contributed by atoms with van der Waals surface area (Å²) in [6.07, 6.45) is -0.269. The Kier molecular flexibility index (Phi) is 7.23. The first kappa shape index (κ1) is 22.7. The van der Waals surface area contributed by atoms with Crippen molar-refractivity contribution in [3.8, 4) is 5.75 Å². The third-order valence-corrected chi connectivity index (χ3v) is 4.99. The van der Waals surface area contributed by atoms with Gasteiger partial charge >= 0.3 is 12.0 Å². The van der Waals surface area contributed by atoms with Crippen LogP contribution >= 0.6 is 11.6 Å². The maximum Gasteiger partial charge on any atom is 0.338 e. The summed E-state index contributed by atoms with van der Waals surface area (Å²) >= 11 is 6.01. The Hall–Kier alpha value is -2.99. The van der Waals surface area contributed by atoms with Crippen LogP contribution in [0.15, 0.2) is 59.8 Å². The molecule has 0 bridgehead atoms. The zero-order valence-corrected chi connectivity index (χ0v) is 18.8. The first-order valence-electron chi connectivity index (χ1n) is 10.2. The van der Waals surface area contributed by atoms with Crippen molar-refractivity contribution in [2.24, 2.45) is 5.92 Å². The van der Waals surface area contributed by atoms with E-state index in [0.29, 0.717) is 28.6 Å². The number of urea groups is 1. The second kappa shape index (κ2) is 9.88. The molecule has 2 aromatic rings. The van der Waals surface area contributed by atoms with Gasteiger partial charge in [-0.05, 0) is 55.2 Å². The van der Waals surface area contributed by atoms with Crippen LogP contribution < -0.4 is 15.4 Å². The van der Waals surface area contributed by atoms with Crippen molar-refractivity contribution in [3.63, 3.8) is 0 Å². The number of hydrogen-bond donors (Lipinski definition) is 2. The molecule has 1 aliphatic rings. The van der Waals surface area contributed by atoms with E-state index in [2.05, 4.69) is 10.6 Å². The van der Waals surface area contributed by atoms with Gasteiger partial charge in [-0.3, -0.25) is 0 Å². The summed E-state index contributed by atoms with van der Waals surface area (Å²) in [5, 5.41) is 6.27. The van der Waals surface area contributed by atoms with Gasteiger partial charge in [-0.15, -0.1) is 0 Å². The van der Waals surface area contributed by atoms with Crippen LogP contribution in [-0.2, 0) is 16.1 Å². The van der Waals surface area contributed by atoms with Crippen LogP contribution in [0.2, 0.25) is 5.02 Å². The van der Waals surface area contributed by atoms with E-state index in [0.717, 1.165) is 11.1 Å². The molecule has 7 heteroatoms. The van der Waals surface area contributed by atoms with Gasteiger partial charge in [0, 0.05) is 10.7 Å². The summed E-state index contributed by atoms with van der Waals surface area (Å²) in [4.78, 5) is 25.1. The molecule has 2 amide bonds. The number of rotatable bonds is 7. The van der Waals surface area contributed by atoms with Gasteiger partial charge in [0.15, 0.2) is 0 Å². The fourth-order valence-corrected chi connectivity index (χ4v) is 3.56. The van der Waals surface area contributed by atoms with Crippen LogP contribution in [0.4, 0.5) is 4.79 Å². The summed E-state index contributed by atoms with van der Waals surface area (Å²) in [5.41, 5.74) is 2.71. The molecule has 2 aromatic carbocycles. The monoisotopic (exact) mass is 442 g/mol. The minimum absolute atomic E-state index is 0.0523. The number of carbonyl (C=O) groups excluding carboxylic acids is 2. The molecule has 31 heavy (non-hydrogen) atoms. The summed E-state index contributed by atoms with van der Waals surface area (Å²) < 4.78 is 11.3. The van der Waals surface area contributed by atoms with Gasteiger partial charge in [-0.25, -0.2) is 9.59 Å². The number of hydrogen-bond acceptors (Lipinski definition) is 4. The number of esters is 1. The zero-order valence-electron chi connectivity index (χ0n) is 18.1. The van der Waals surface area contributed by atoms with E-state index < -0.39 is 12.0 Å². The lowest BCUT2D eigenvalue weighted by Crippen LogP contribution is -2.47. The van der Waals surface area contributed by atoms with Crippen molar-refractivity contribution in [3.05, 3.63) is 76.0 Å². The predicted molar refractivity (Wildman–Crippen MR) is 120 cm³/mol. The fraction of sp³-hybridized carbons (Fsp3) is 0.333. The fourth-order valence-electron chi connectivity index (χ4n) is 3.35. The average molecular weight is 443 g/mol. The Bertz CT molecular complexity index is 983. The quantitative estimate of drug-likeness (QED) is 0.582. The van der Waals surface area contributed by atoms with Crippen LogP contribution in [0.5, 0.6) is 5.75 Å². The number of allylic oxidation sites excluding steroid dienone is 1. The van der Waals surface area contributed by atoms with Gasteiger partial charge in [-0.2, -0.15) is 0 Å². The summed E-state index contributed by atoms with van der Waals surface area (Å²) in [6.45, 7) is 7.82. The second-order valence-corrected chi connectivity index (χ2v) is 8.39. The third kappa shape index (κ3) is 5.79. The summed E-state index contributed by atoms with van der Waals surface area (Å²) in [6, 6.07) is 13.8. The van der Waals surface area contributed by atoms with Gasteiger partial charge in [0.2, 0.25) is 0 Å². The van der Waals surface area contributed by atoms with Crippen molar-refractivity contribution in [1.82, 2.24) is 10.6 Å². The van der Waals surface area contributed by atoms with Gasteiger partial charge in [0.1, 0.15) is 12.4 Å². The maximum atomic E-state index is 12.9. The van der Waals surface area contributed by atoms with Crippen LogP contribution in [0.3, 0.4) is 0 Å². The number of benzene rings is 2. The Balaban J connectivity index is 1.84. The van der Waals surface area contributed by atoms with E-state index in [1.165, 1.54) is 0 Å². The topological polar surface area (TPSA) is 76.7 Å². The first-order valence-corrected chi connectivity index (χ1v) is 10.6. The highest BCUT2D eigenvalue weighted by atomic mass is 35.5. The van der Waals surface area contributed by atoms with Crippen LogP contribution in [0.1, 0.15) is 44.9 Å². The smallest absolute Gasteiger partial charge is 0.338 e. The highest BCUT2D eigenvalue weighted by Crippen LogP contribution is 2.31. The molecular formula is C24H27ClN2O4. The predicted octanol–water partition coefficient (Wildman–Crippen LogP) is 5.13. The Morgan fingerprint density at radius 2 is 1.81 bits per heavy atom. The molecule has 1 unspecified atom stereocenters. The lowest BCUT2D eigenvalue weighted by Gasteiger charge is -2.31. The van der Waals surface area contributed by atoms with Gasteiger partial charge in [-0.1, -0.05) is 49.7 Å². The van der Waals surface area contributed by atoms with Gasteiger partial charge in [0.25, 0.3) is 0 Å². The number of carbonyl (C=O) groups is 2. The van der Waals surface area contributed by atoms with Crippen molar-refractivity contribution in [1.29, 1.82) is 0 Å². The van der Waals surface area contributed by atoms with Crippen molar-refractivity contribution >= 4 is 23.6 Å². The van der Waals surface area contributed by atoms with E-state index in [1.807, 2.05) is 62.4 Å². The second-order valence-electron chi connectivity index (χ2n) is 7.96. The number of halogens is 1. The maximum absolute atomic E-state index is 12.9. The van der Waals surface area contributed by atoms with Gasteiger partial charge in [0.05, 0.1) is 17.7 Å². The van der Waals surface area contributed by atoms with Crippen molar-refractivity contribution in [2.45, 2.75) is 46.4 Å². The van der Waals surface area contributed by atoms with E-state index in [9.17, 15) is 9.59 Å². The highest BCUT2D eigenvalue weighted by Gasteiger charge is 2.35. The number of nitrogens with one attached hydrogen (secondary N) is 2. The lowest BCUT2D eigenvalue weighted by molar-refractivity contribution is -0.143. The van der Waals surface area contributed by atoms with Crippen molar-refractivity contribution in [2.75, 3.05) is 0 Å². The molecule has 3 rings (SSSR count). The van der Waals surface area contributed by atoms with Crippen LogP contribution in [0.25, 0.3) is 0 Å². The molecule has 0 aliphatic carbocycles. The molecule has 0 saturated carbocycles. The average Bonchev–Trinajstić information content (AvgIpc) is 2.71. The first-order chi connectivity index (χ1) is 14.7. The highest BCUT2D eigenvalue weighted by molar-refractivity contribution is 6.30. The standard InChI is InChI=1S/C24H27ClN2O4/c1-14(2)21-20(23(28)31-15(3)4)22(27-24(29)26-21)17-8-10-19(11-9-17)30-13-16-6-5-7-18(25)12-16/h5-12,14-15,22H,13H2,1-4H3,(H2,26,27,29). The zero-order chi connectivity index (χ0) is 22.5. The molecule has 0 saturated heterocycles. The number of amides is 2. The molecule has 0 aromatic heterocycles. The minimum Gasteiger partial charge on any atom is -0.489 e. The minimum atomic E-state index is -0.612. The largest absolute Gasteiger partial charge is 0.489 e. The molecule has 0 radical (unpaired) electrons. The van der Waals surface area contributed by atoms with E-state index in [4.69, 9.17) is 21.1 Å². The molecular weight excluding hydrogens is 416 g/mol. The Morgan fingerprint density at radius 3 is 2.42 bits per heavy atom. The summed E-state index contributed by atoms with van der Waals surface area (Å²) in [5.74, 6) is 0.171. The molecule has 164 valence electrons. The molecule has 1 aliphatic heterocycles. The molecule has 0 fully saturated rings. The number of ether oxygens (including phenoxy) is 2. The van der Waals surface area contributed by atoms with E-state index in [-0.39, 0.29) is 18.1 Å². The third-order valence-electron chi connectivity index (χ3n) is 4.75.